The number of carboxylic acids is 1. The molecule has 0 aliphatic rings. The van der Waals surface area contributed by atoms with E-state index in [9.17, 15) is 14.7 Å². The van der Waals surface area contributed by atoms with Crippen molar-refractivity contribution in [2.75, 3.05) is 18.6 Å². The van der Waals surface area contributed by atoms with Gasteiger partial charge in [-0.05, 0) is 37.8 Å². The van der Waals surface area contributed by atoms with Crippen LogP contribution in [0.3, 0.4) is 0 Å². The molecule has 2 aromatic rings. The van der Waals surface area contributed by atoms with E-state index in [-0.39, 0.29) is 11.4 Å². The number of aryl methyl sites for hydroxylation is 2. The van der Waals surface area contributed by atoms with Crippen LogP contribution in [0.25, 0.3) is 5.57 Å². The van der Waals surface area contributed by atoms with Gasteiger partial charge < -0.3 is 15.3 Å². The Kier molecular flexibility index (Phi) is 6.69. The van der Waals surface area contributed by atoms with Gasteiger partial charge in [0.2, 0.25) is 6.41 Å². The van der Waals surface area contributed by atoms with Crippen molar-refractivity contribution in [3.63, 3.8) is 0 Å². The van der Waals surface area contributed by atoms with E-state index in [0.29, 0.717) is 22.8 Å². The van der Waals surface area contributed by atoms with Crippen molar-refractivity contribution in [2.24, 2.45) is 0 Å². The van der Waals surface area contributed by atoms with Gasteiger partial charge in [-0.2, -0.15) is 0 Å². The van der Waals surface area contributed by atoms with Crippen LogP contribution in [0.4, 0.5) is 5.69 Å². The molecule has 1 aromatic carbocycles. The quantitative estimate of drug-likeness (QED) is 0.405. The summed E-state index contributed by atoms with van der Waals surface area (Å²) in [4.78, 5) is 29.7. The number of carboxylic acid groups (broad SMARTS) is 1. The summed E-state index contributed by atoms with van der Waals surface area (Å²) < 4.78 is 0.748. The van der Waals surface area contributed by atoms with Crippen molar-refractivity contribution < 1.29 is 14.7 Å². The number of amides is 1. The van der Waals surface area contributed by atoms with Crippen LogP contribution in [0.1, 0.15) is 16.1 Å². The SMILES string of the molecule is CSc1nc(/C(C(=O)O)=C(/Nc2ccc(C)cc2Cl)N(C)C=O)c(C)s1. The predicted molar refractivity (Wildman–Crippen MR) is 107 cm³/mol. The van der Waals surface area contributed by atoms with E-state index in [2.05, 4.69) is 10.3 Å². The highest BCUT2D eigenvalue weighted by Gasteiger charge is 2.25. The van der Waals surface area contributed by atoms with Crippen molar-refractivity contribution in [3.8, 4) is 0 Å². The first-order chi connectivity index (χ1) is 12.3. The van der Waals surface area contributed by atoms with Gasteiger partial charge in [0, 0.05) is 11.9 Å². The predicted octanol–water partition coefficient (Wildman–Crippen LogP) is 4.09. The fourth-order valence-corrected chi connectivity index (χ4v) is 4.05. The van der Waals surface area contributed by atoms with Gasteiger partial charge >= 0.3 is 5.97 Å². The van der Waals surface area contributed by atoms with E-state index in [4.69, 9.17) is 11.6 Å². The molecule has 1 amide bonds. The van der Waals surface area contributed by atoms with E-state index in [1.807, 2.05) is 19.2 Å². The lowest BCUT2D eigenvalue weighted by Gasteiger charge is -2.21. The highest BCUT2D eigenvalue weighted by atomic mass is 35.5. The average molecular weight is 412 g/mol. The molecule has 1 aromatic heterocycles. The molecular formula is C17H18ClN3O3S2. The minimum atomic E-state index is -1.19. The summed E-state index contributed by atoms with van der Waals surface area (Å²) in [6, 6.07) is 5.33. The number of aliphatic carboxylic acids is 1. The van der Waals surface area contributed by atoms with Gasteiger partial charge in [-0.15, -0.1) is 11.3 Å². The molecule has 0 unspecified atom stereocenters. The number of halogens is 1. The molecule has 2 rings (SSSR count). The number of benzene rings is 1. The first kappa shape index (κ1) is 20.3. The maximum absolute atomic E-state index is 12.0. The zero-order valence-electron chi connectivity index (χ0n) is 14.7. The number of carbonyl (C=O) groups excluding carboxylic acids is 1. The number of hydrogen-bond acceptors (Lipinski definition) is 6. The second kappa shape index (κ2) is 8.57. The van der Waals surface area contributed by atoms with Crippen LogP contribution in [0, 0.1) is 13.8 Å². The Balaban J connectivity index is 2.67. The van der Waals surface area contributed by atoms with Gasteiger partial charge in [-0.25, -0.2) is 9.78 Å². The minimum absolute atomic E-state index is 0.0923. The van der Waals surface area contributed by atoms with Gasteiger partial charge in [-0.3, -0.25) is 4.79 Å². The normalized spacial score (nSPS) is 11.7. The van der Waals surface area contributed by atoms with E-state index in [0.717, 1.165) is 19.7 Å². The monoisotopic (exact) mass is 411 g/mol. The fourth-order valence-electron chi connectivity index (χ4n) is 2.23. The van der Waals surface area contributed by atoms with Crippen LogP contribution in [0.2, 0.25) is 5.02 Å². The maximum atomic E-state index is 12.0. The summed E-state index contributed by atoms with van der Waals surface area (Å²) in [5, 5.41) is 13.2. The summed E-state index contributed by atoms with van der Waals surface area (Å²) in [6.45, 7) is 3.70. The molecule has 138 valence electrons. The van der Waals surface area contributed by atoms with E-state index in [1.165, 1.54) is 30.1 Å². The number of nitrogens with zero attached hydrogens (tertiary/aromatic N) is 2. The van der Waals surface area contributed by atoms with E-state index >= 15 is 0 Å². The van der Waals surface area contributed by atoms with Crippen LogP contribution >= 0.6 is 34.7 Å². The first-order valence-electron chi connectivity index (χ1n) is 7.49. The summed E-state index contributed by atoms with van der Waals surface area (Å²) >= 11 is 9.09. The van der Waals surface area contributed by atoms with Crippen molar-refractivity contribution in [2.45, 2.75) is 18.2 Å². The lowest BCUT2D eigenvalue weighted by Crippen LogP contribution is -2.25. The molecule has 0 bridgehead atoms. The fraction of sp³-hybridized carbons (Fsp3) is 0.235. The minimum Gasteiger partial charge on any atom is -0.477 e. The molecule has 26 heavy (non-hydrogen) atoms. The number of carbonyl (C=O) groups is 2. The Hall–Kier alpha value is -2.03. The summed E-state index contributed by atoms with van der Waals surface area (Å²) in [6.07, 6.45) is 2.40. The van der Waals surface area contributed by atoms with Gasteiger partial charge in [0.15, 0.2) is 4.34 Å². The lowest BCUT2D eigenvalue weighted by atomic mass is 10.1. The Bertz CT molecular complexity index is 880. The summed E-state index contributed by atoms with van der Waals surface area (Å²) in [5.74, 6) is -1.09. The van der Waals surface area contributed by atoms with Gasteiger partial charge in [0.1, 0.15) is 11.4 Å². The Labute approximate surface area is 164 Å². The van der Waals surface area contributed by atoms with Crippen LogP contribution < -0.4 is 5.32 Å². The Morgan fingerprint density at radius 1 is 1.42 bits per heavy atom. The van der Waals surface area contributed by atoms with E-state index in [1.54, 1.807) is 19.1 Å². The van der Waals surface area contributed by atoms with Gasteiger partial charge in [0.05, 0.1) is 16.4 Å². The molecule has 0 aliphatic carbocycles. The third-order valence-corrected chi connectivity index (χ3v) is 5.80. The molecule has 0 saturated heterocycles. The second-order valence-electron chi connectivity index (χ2n) is 5.44. The number of hydrogen-bond donors (Lipinski definition) is 2. The molecule has 0 radical (unpaired) electrons. The zero-order valence-corrected chi connectivity index (χ0v) is 17.1. The third kappa shape index (κ3) is 4.38. The maximum Gasteiger partial charge on any atom is 0.341 e. The number of thioether (sulfide) groups is 1. The van der Waals surface area contributed by atoms with E-state index < -0.39 is 5.97 Å². The highest BCUT2D eigenvalue weighted by Crippen LogP contribution is 2.33. The summed E-state index contributed by atoms with van der Waals surface area (Å²) in [7, 11) is 1.47. The molecule has 0 aliphatic heterocycles. The van der Waals surface area contributed by atoms with Crippen molar-refractivity contribution in [1.29, 1.82) is 0 Å². The average Bonchev–Trinajstić information content (AvgIpc) is 2.96. The second-order valence-corrected chi connectivity index (χ2v) is 8.11. The largest absolute Gasteiger partial charge is 0.477 e. The molecule has 0 spiro atoms. The smallest absolute Gasteiger partial charge is 0.341 e. The van der Waals surface area contributed by atoms with Crippen molar-refractivity contribution in [3.05, 3.63) is 45.2 Å². The molecule has 0 fully saturated rings. The van der Waals surface area contributed by atoms with Crippen LogP contribution in [-0.4, -0.2) is 40.7 Å². The number of aromatic nitrogens is 1. The number of nitrogens with one attached hydrogen (secondary N) is 1. The van der Waals surface area contributed by atoms with Gasteiger partial charge in [-0.1, -0.05) is 29.4 Å². The topological polar surface area (TPSA) is 82.5 Å². The summed E-state index contributed by atoms with van der Waals surface area (Å²) in [5.41, 5.74) is 1.70. The van der Waals surface area contributed by atoms with Crippen LogP contribution in [0.15, 0.2) is 28.4 Å². The Morgan fingerprint density at radius 2 is 2.12 bits per heavy atom. The first-order valence-corrected chi connectivity index (χ1v) is 9.91. The highest BCUT2D eigenvalue weighted by molar-refractivity contribution is 8.00. The molecule has 1 heterocycles. The van der Waals surface area contributed by atoms with Crippen LogP contribution in [-0.2, 0) is 9.59 Å². The van der Waals surface area contributed by atoms with Crippen LogP contribution in [0.5, 0.6) is 0 Å². The third-order valence-electron chi connectivity index (χ3n) is 3.53. The van der Waals surface area contributed by atoms with Gasteiger partial charge in [0.25, 0.3) is 0 Å². The molecule has 6 nitrogen and oxygen atoms in total. The molecular weight excluding hydrogens is 394 g/mol. The molecule has 0 atom stereocenters. The number of rotatable bonds is 7. The number of thiazole rings is 1. The molecule has 0 saturated carbocycles. The Morgan fingerprint density at radius 3 is 2.62 bits per heavy atom. The van der Waals surface area contributed by atoms with Crippen molar-refractivity contribution in [1.82, 2.24) is 9.88 Å². The number of anilines is 1. The standard InChI is InChI=1S/C17H18ClN3O3S2/c1-9-5-6-12(11(18)7-9)19-15(21(3)8-22)13(16(23)24)14-10(2)26-17(20-14)25-4/h5-8,19H,1-4H3,(H,23,24)/b15-13+. The molecule has 2 N–H and O–H groups in total. The zero-order chi connectivity index (χ0) is 19.4. The van der Waals surface area contributed by atoms with Crippen molar-refractivity contribution >= 4 is 58.3 Å². The molecule has 9 heteroatoms. The lowest BCUT2D eigenvalue weighted by molar-refractivity contribution is -0.130.